The molecule has 1 aromatic rings. The minimum atomic E-state index is -0.592. The summed E-state index contributed by atoms with van der Waals surface area (Å²) in [6.45, 7) is 1.01. The first kappa shape index (κ1) is 13.0. The normalized spacial score (nSPS) is 18.7. The van der Waals surface area contributed by atoms with Crippen molar-refractivity contribution in [3.63, 3.8) is 0 Å². The van der Waals surface area contributed by atoms with Gasteiger partial charge in [-0.3, -0.25) is 10.1 Å². The lowest BCUT2D eigenvalue weighted by molar-refractivity contribution is -0.384. The highest BCUT2D eigenvalue weighted by Crippen LogP contribution is 2.31. The van der Waals surface area contributed by atoms with Gasteiger partial charge in [-0.25, -0.2) is 4.98 Å². The number of carbonyl (C=O) groups excluding carboxylic acids is 1. The molecule has 98 valence electrons. The van der Waals surface area contributed by atoms with Gasteiger partial charge in [-0.1, -0.05) is 0 Å². The van der Waals surface area contributed by atoms with Gasteiger partial charge in [0.25, 0.3) is 0 Å². The zero-order valence-electron chi connectivity index (χ0n) is 10.2. The summed E-state index contributed by atoms with van der Waals surface area (Å²) in [6, 6.07) is 3.13. The number of aromatic nitrogens is 1. The molecule has 0 radical (unpaired) electrons. The largest absolute Gasteiger partial charge is 0.350 e. The zero-order valence-corrected chi connectivity index (χ0v) is 10.2. The number of nitriles is 1. The minimum absolute atomic E-state index is 0.0109. The third-order valence-electron chi connectivity index (χ3n) is 3.16. The topological polar surface area (TPSA) is 100 Å². The van der Waals surface area contributed by atoms with Crippen LogP contribution in [-0.2, 0) is 4.79 Å². The van der Waals surface area contributed by atoms with Crippen molar-refractivity contribution in [1.29, 1.82) is 5.26 Å². The van der Waals surface area contributed by atoms with E-state index in [1.165, 1.54) is 12.3 Å². The fraction of sp³-hybridized carbons (Fsp3) is 0.417. The lowest BCUT2D eigenvalue weighted by Gasteiger charge is -2.30. The van der Waals surface area contributed by atoms with Gasteiger partial charge < -0.3 is 9.69 Å². The van der Waals surface area contributed by atoms with Crippen molar-refractivity contribution in [3.05, 3.63) is 27.9 Å². The Bertz CT molecular complexity index is 552. The Kier molecular flexibility index (Phi) is 3.71. The van der Waals surface area contributed by atoms with Crippen LogP contribution in [0.2, 0.25) is 0 Å². The molecule has 19 heavy (non-hydrogen) atoms. The predicted molar refractivity (Wildman–Crippen MR) is 66.6 cm³/mol. The first-order valence-electron chi connectivity index (χ1n) is 5.91. The van der Waals surface area contributed by atoms with Gasteiger partial charge in [-0.2, -0.15) is 5.26 Å². The Balaban J connectivity index is 2.42. The van der Waals surface area contributed by atoms with Crippen molar-refractivity contribution in [3.8, 4) is 6.07 Å². The van der Waals surface area contributed by atoms with Crippen LogP contribution in [0.25, 0.3) is 0 Å². The van der Waals surface area contributed by atoms with Crippen LogP contribution in [0.1, 0.15) is 18.4 Å². The first-order chi connectivity index (χ1) is 9.17. The Morgan fingerprint density at radius 3 is 3.05 bits per heavy atom. The molecule has 0 saturated carbocycles. The van der Waals surface area contributed by atoms with Crippen LogP contribution in [0.5, 0.6) is 0 Å². The number of nitrogens with zero attached hydrogens (tertiary/aromatic N) is 4. The monoisotopic (exact) mass is 260 g/mol. The van der Waals surface area contributed by atoms with Gasteiger partial charge in [-0.15, -0.1) is 0 Å². The molecule has 7 heteroatoms. The second-order valence-corrected chi connectivity index (χ2v) is 4.38. The fourth-order valence-electron chi connectivity index (χ4n) is 2.26. The third-order valence-corrected chi connectivity index (χ3v) is 3.16. The van der Waals surface area contributed by atoms with E-state index in [9.17, 15) is 14.9 Å². The SMILES string of the molecule is N#Cc1ccnc(N2CCCC(C=O)C2)c1[N+](=O)[O-]. The molecular formula is C12H12N4O3. The molecule has 0 aromatic carbocycles. The number of pyridine rings is 1. The van der Waals surface area contributed by atoms with Crippen LogP contribution in [0, 0.1) is 27.4 Å². The summed E-state index contributed by atoms with van der Waals surface area (Å²) in [5, 5.41) is 20.0. The summed E-state index contributed by atoms with van der Waals surface area (Å²) < 4.78 is 0. The van der Waals surface area contributed by atoms with Crippen LogP contribution in [0.3, 0.4) is 0 Å². The highest BCUT2D eigenvalue weighted by molar-refractivity contribution is 5.66. The second-order valence-electron chi connectivity index (χ2n) is 4.38. The fourth-order valence-corrected chi connectivity index (χ4v) is 2.26. The van der Waals surface area contributed by atoms with Gasteiger partial charge in [0.2, 0.25) is 5.82 Å². The molecule has 1 aliphatic rings. The van der Waals surface area contributed by atoms with Crippen LogP contribution >= 0.6 is 0 Å². The molecular weight excluding hydrogens is 248 g/mol. The predicted octanol–water partition coefficient (Wildman–Crippen LogP) is 1.28. The maximum Gasteiger partial charge on any atom is 0.329 e. The molecule has 2 heterocycles. The summed E-state index contributed by atoms with van der Waals surface area (Å²) in [7, 11) is 0. The smallest absolute Gasteiger partial charge is 0.329 e. The number of piperidine rings is 1. The van der Waals surface area contributed by atoms with E-state index in [1.807, 2.05) is 0 Å². The van der Waals surface area contributed by atoms with E-state index < -0.39 is 4.92 Å². The molecule has 0 bridgehead atoms. The van der Waals surface area contributed by atoms with E-state index in [-0.39, 0.29) is 23.0 Å². The van der Waals surface area contributed by atoms with Gasteiger partial charge >= 0.3 is 5.69 Å². The molecule has 0 amide bonds. The third kappa shape index (κ3) is 2.52. The maximum atomic E-state index is 11.1. The van der Waals surface area contributed by atoms with Crippen molar-refractivity contribution in [2.75, 3.05) is 18.0 Å². The lowest BCUT2D eigenvalue weighted by Crippen LogP contribution is -2.37. The van der Waals surface area contributed by atoms with Crippen LogP contribution in [-0.4, -0.2) is 29.3 Å². The summed E-state index contributed by atoms with van der Waals surface area (Å²) in [5.74, 6) is 0.0384. The van der Waals surface area contributed by atoms with Crippen molar-refractivity contribution >= 4 is 17.8 Å². The summed E-state index contributed by atoms with van der Waals surface area (Å²) in [6.07, 6.45) is 3.81. The summed E-state index contributed by atoms with van der Waals surface area (Å²) in [4.78, 5) is 27.1. The van der Waals surface area contributed by atoms with Crippen molar-refractivity contribution in [1.82, 2.24) is 4.98 Å². The molecule has 1 unspecified atom stereocenters. The van der Waals surface area contributed by atoms with Gasteiger partial charge in [0, 0.05) is 25.2 Å². The highest BCUT2D eigenvalue weighted by atomic mass is 16.6. The summed E-state index contributed by atoms with van der Waals surface area (Å²) in [5.41, 5.74) is -0.292. The van der Waals surface area contributed by atoms with E-state index in [0.717, 1.165) is 19.1 Å². The van der Waals surface area contributed by atoms with E-state index in [1.54, 1.807) is 11.0 Å². The average molecular weight is 260 g/mol. The standard InChI is InChI=1S/C12H12N4O3/c13-6-10-3-4-14-12(11(10)16(18)19)15-5-1-2-9(7-15)8-17/h3-4,8-9H,1-2,5,7H2. The Morgan fingerprint density at radius 1 is 1.63 bits per heavy atom. The lowest BCUT2D eigenvalue weighted by atomic mass is 9.99. The van der Waals surface area contributed by atoms with Crippen molar-refractivity contribution < 1.29 is 9.72 Å². The number of nitro groups is 1. The number of aldehydes is 1. The molecule has 1 atom stereocenters. The van der Waals surface area contributed by atoms with Crippen molar-refractivity contribution in [2.45, 2.75) is 12.8 Å². The average Bonchev–Trinajstić information content (AvgIpc) is 2.46. The van der Waals surface area contributed by atoms with Gasteiger partial charge in [-0.05, 0) is 18.9 Å². The van der Waals surface area contributed by atoms with Crippen LogP contribution in [0.15, 0.2) is 12.3 Å². The molecule has 0 aliphatic carbocycles. The Morgan fingerprint density at radius 2 is 2.42 bits per heavy atom. The first-order valence-corrected chi connectivity index (χ1v) is 5.91. The second kappa shape index (κ2) is 5.44. The molecule has 0 N–H and O–H groups in total. The van der Waals surface area contributed by atoms with E-state index in [4.69, 9.17) is 5.26 Å². The van der Waals surface area contributed by atoms with E-state index >= 15 is 0 Å². The maximum absolute atomic E-state index is 11.1. The number of hydrogen-bond donors (Lipinski definition) is 0. The summed E-state index contributed by atoms with van der Waals surface area (Å²) >= 11 is 0. The number of anilines is 1. The molecule has 1 aromatic heterocycles. The molecule has 1 aliphatic heterocycles. The van der Waals surface area contributed by atoms with E-state index in [2.05, 4.69) is 4.98 Å². The number of rotatable bonds is 3. The van der Waals surface area contributed by atoms with Gasteiger partial charge in [0.1, 0.15) is 17.9 Å². The van der Waals surface area contributed by atoms with Crippen LogP contribution in [0.4, 0.5) is 11.5 Å². The Labute approximate surface area is 109 Å². The minimum Gasteiger partial charge on any atom is -0.350 e. The molecule has 1 fully saturated rings. The zero-order chi connectivity index (χ0) is 13.8. The molecule has 2 rings (SSSR count). The molecule has 0 spiro atoms. The quantitative estimate of drug-likeness (QED) is 0.461. The van der Waals surface area contributed by atoms with Gasteiger partial charge in [0.05, 0.1) is 4.92 Å². The number of carbonyl (C=O) groups is 1. The Hall–Kier alpha value is -2.49. The van der Waals surface area contributed by atoms with E-state index in [0.29, 0.717) is 13.1 Å². The molecule has 7 nitrogen and oxygen atoms in total. The molecule has 1 saturated heterocycles. The van der Waals surface area contributed by atoms with Crippen LogP contribution < -0.4 is 4.90 Å². The highest BCUT2D eigenvalue weighted by Gasteiger charge is 2.29. The van der Waals surface area contributed by atoms with Crippen molar-refractivity contribution in [2.24, 2.45) is 5.92 Å². The van der Waals surface area contributed by atoms with Gasteiger partial charge in [0.15, 0.2) is 0 Å². The number of hydrogen-bond acceptors (Lipinski definition) is 6.